The highest BCUT2D eigenvalue weighted by atomic mass is 16.4. The van der Waals surface area contributed by atoms with Crippen LogP contribution in [0, 0.1) is 0 Å². The number of hydrogen-bond donors (Lipinski definition) is 1. The highest BCUT2D eigenvalue weighted by Crippen LogP contribution is 2.33. The zero-order chi connectivity index (χ0) is 14.9. The van der Waals surface area contributed by atoms with E-state index in [4.69, 9.17) is 5.11 Å². The van der Waals surface area contributed by atoms with E-state index in [1.807, 2.05) is 48.9 Å². The summed E-state index contributed by atoms with van der Waals surface area (Å²) < 4.78 is 0. The summed E-state index contributed by atoms with van der Waals surface area (Å²) in [7, 11) is 1.86. The summed E-state index contributed by atoms with van der Waals surface area (Å²) in [5, 5.41) is 8.72. The summed E-state index contributed by atoms with van der Waals surface area (Å²) in [6.45, 7) is 4.45. The molecule has 0 aromatic heterocycles. The summed E-state index contributed by atoms with van der Waals surface area (Å²) in [5.74, 6) is -0.681. The highest BCUT2D eigenvalue weighted by Gasteiger charge is 2.29. The molecule has 1 aliphatic rings. The number of carbonyl (C=O) groups is 2. The minimum absolute atomic E-state index is 0.102. The third kappa shape index (κ3) is 2.76. The second-order valence-electron chi connectivity index (χ2n) is 5.41. The van der Waals surface area contributed by atoms with E-state index in [0.29, 0.717) is 13.0 Å². The second-order valence-corrected chi connectivity index (χ2v) is 5.41. The molecule has 0 bridgehead atoms. The van der Waals surface area contributed by atoms with Crippen LogP contribution in [0.4, 0.5) is 11.4 Å². The summed E-state index contributed by atoms with van der Waals surface area (Å²) in [4.78, 5) is 26.3. The molecular weight excluding hydrogens is 256 g/mol. The second kappa shape index (κ2) is 5.53. The van der Waals surface area contributed by atoms with Crippen LogP contribution in [0.15, 0.2) is 18.2 Å². The minimum atomic E-state index is -0.806. The quantitative estimate of drug-likeness (QED) is 0.892. The van der Waals surface area contributed by atoms with Crippen LogP contribution in [0.2, 0.25) is 0 Å². The lowest BCUT2D eigenvalue weighted by molar-refractivity contribution is -0.136. The molecule has 20 heavy (non-hydrogen) atoms. The maximum atomic E-state index is 12.0. The van der Waals surface area contributed by atoms with Crippen molar-refractivity contribution in [2.24, 2.45) is 0 Å². The Morgan fingerprint density at radius 2 is 2.15 bits per heavy atom. The van der Waals surface area contributed by atoms with Gasteiger partial charge in [-0.1, -0.05) is 0 Å². The summed E-state index contributed by atoms with van der Waals surface area (Å²) in [5.41, 5.74) is 2.94. The third-order valence-electron chi connectivity index (χ3n) is 3.55. The van der Waals surface area contributed by atoms with Gasteiger partial charge in [0.2, 0.25) is 5.91 Å². The maximum Gasteiger partial charge on any atom is 0.305 e. The van der Waals surface area contributed by atoms with Gasteiger partial charge in [0.25, 0.3) is 0 Å². The first-order chi connectivity index (χ1) is 9.40. The SMILES string of the molecule is CC(C)N1C(=O)Cc2cc(N(C)CCC(=O)O)ccc21. The van der Waals surface area contributed by atoms with Crippen LogP contribution in [0.5, 0.6) is 0 Å². The predicted octanol–water partition coefficient (Wildman–Crippen LogP) is 1.89. The number of carboxylic acid groups (broad SMARTS) is 1. The Morgan fingerprint density at radius 1 is 1.45 bits per heavy atom. The fourth-order valence-corrected chi connectivity index (χ4v) is 2.53. The summed E-state index contributed by atoms with van der Waals surface area (Å²) >= 11 is 0. The van der Waals surface area contributed by atoms with Gasteiger partial charge < -0.3 is 14.9 Å². The van der Waals surface area contributed by atoms with Gasteiger partial charge in [0, 0.05) is 31.0 Å². The molecule has 0 fully saturated rings. The monoisotopic (exact) mass is 276 g/mol. The number of rotatable bonds is 5. The van der Waals surface area contributed by atoms with Crippen molar-refractivity contribution in [1.82, 2.24) is 0 Å². The van der Waals surface area contributed by atoms with Crippen molar-refractivity contribution in [2.45, 2.75) is 32.7 Å². The molecule has 0 atom stereocenters. The van der Waals surface area contributed by atoms with Crippen LogP contribution in [0.25, 0.3) is 0 Å². The number of anilines is 2. The van der Waals surface area contributed by atoms with E-state index in [0.717, 1.165) is 16.9 Å². The molecule has 1 aromatic rings. The van der Waals surface area contributed by atoms with Gasteiger partial charge in [-0.15, -0.1) is 0 Å². The molecule has 5 heteroatoms. The Kier molecular flexibility index (Phi) is 3.97. The first-order valence-electron chi connectivity index (χ1n) is 6.78. The van der Waals surface area contributed by atoms with E-state index in [-0.39, 0.29) is 18.4 Å². The largest absolute Gasteiger partial charge is 0.481 e. The van der Waals surface area contributed by atoms with E-state index in [1.165, 1.54) is 0 Å². The Balaban J connectivity index is 2.19. The van der Waals surface area contributed by atoms with Crippen molar-refractivity contribution in [1.29, 1.82) is 0 Å². The standard InChI is InChI=1S/C15H20N2O3/c1-10(2)17-13-5-4-12(8-11(13)9-14(17)18)16(3)7-6-15(19)20/h4-5,8,10H,6-7,9H2,1-3H3,(H,19,20). The van der Waals surface area contributed by atoms with Gasteiger partial charge in [-0.2, -0.15) is 0 Å². The van der Waals surface area contributed by atoms with Gasteiger partial charge in [0.1, 0.15) is 0 Å². The molecule has 1 amide bonds. The lowest BCUT2D eigenvalue weighted by Crippen LogP contribution is -2.33. The molecule has 0 spiro atoms. The molecule has 1 aromatic carbocycles. The first-order valence-corrected chi connectivity index (χ1v) is 6.78. The van der Waals surface area contributed by atoms with E-state index >= 15 is 0 Å². The van der Waals surface area contributed by atoms with Crippen molar-refractivity contribution in [2.75, 3.05) is 23.4 Å². The zero-order valence-electron chi connectivity index (χ0n) is 12.1. The molecule has 1 aliphatic heterocycles. The Hall–Kier alpha value is -2.04. The van der Waals surface area contributed by atoms with Gasteiger partial charge >= 0.3 is 5.97 Å². The number of hydrogen-bond acceptors (Lipinski definition) is 3. The lowest BCUT2D eigenvalue weighted by Gasteiger charge is -2.23. The number of aliphatic carboxylic acids is 1. The third-order valence-corrected chi connectivity index (χ3v) is 3.55. The molecular formula is C15H20N2O3. The molecule has 1 heterocycles. The smallest absolute Gasteiger partial charge is 0.305 e. The van der Waals surface area contributed by atoms with Crippen LogP contribution in [0.3, 0.4) is 0 Å². The Morgan fingerprint density at radius 3 is 2.75 bits per heavy atom. The average molecular weight is 276 g/mol. The first kappa shape index (κ1) is 14.4. The van der Waals surface area contributed by atoms with Crippen molar-refractivity contribution < 1.29 is 14.7 Å². The normalized spacial score (nSPS) is 13.8. The fraction of sp³-hybridized carbons (Fsp3) is 0.467. The number of carbonyl (C=O) groups excluding carboxylic acids is 1. The average Bonchev–Trinajstić information content (AvgIpc) is 2.70. The van der Waals surface area contributed by atoms with E-state index in [2.05, 4.69) is 0 Å². The Labute approximate surface area is 118 Å². The number of carboxylic acids is 1. The van der Waals surface area contributed by atoms with Crippen LogP contribution in [-0.4, -0.2) is 36.6 Å². The minimum Gasteiger partial charge on any atom is -0.481 e. The van der Waals surface area contributed by atoms with Crippen LogP contribution in [-0.2, 0) is 16.0 Å². The molecule has 2 rings (SSSR count). The molecule has 0 saturated heterocycles. The fourth-order valence-electron chi connectivity index (χ4n) is 2.53. The molecule has 1 N–H and O–H groups in total. The van der Waals surface area contributed by atoms with Gasteiger partial charge in [-0.25, -0.2) is 0 Å². The molecule has 0 aliphatic carbocycles. The van der Waals surface area contributed by atoms with E-state index in [1.54, 1.807) is 0 Å². The van der Waals surface area contributed by atoms with Crippen molar-refractivity contribution in [3.63, 3.8) is 0 Å². The van der Waals surface area contributed by atoms with Crippen molar-refractivity contribution in [3.05, 3.63) is 23.8 Å². The van der Waals surface area contributed by atoms with Crippen molar-refractivity contribution in [3.8, 4) is 0 Å². The van der Waals surface area contributed by atoms with Gasteiger partial charge in [0.15, 0.2) is 0 Å². The van der Waals surface area contributed by atoms with E-state index in [9.17, 15) is 9.59 Å². The van der Waals surface area contributed by atoms with Crippen LogP contribution in [0.1, 0.15) is 25.8 Å². The van der Waals surface area contributed by atoms with Crippen LogP contribution < -0.4 is 9.80 Å². The molecule has 0 unspecified atom stereocenters. The number of benzene rings is 1. The van der Waals surface area contributed by atoms with Gasteiger partial charge in [0.05, 0.1) is 12.8 Å². The number of nitrogens with zero attached hydrogens (tertiary/aromatic N) is 2. The Bertz CT molecular complexity index is 540. The lowest BCUT2D eigenvalue weighted by atomic mass is 10.1. The highest BCUT2D eigenvalue weighted by molar-refractivity contribution is 6.02. The number of fused-ring (bicyclic) bond motifs is 1. The molecule has 0 radical (unpaired) electrons. The van der Waals surface area contributed by atoms with Gasteiger partial charge in [-0.3, -0.25) is 9.59 Å². The topological polar surface area (TPSA) is 60.9 Å². The summed E-state index contributed by atoms with van der Waals surface area (Å²) in [6, 6.07) is 6.03. The van der Waals surface area contributed by atoms with Gasteiger partial charge in [-0.05, 0) is 37.6 Å². The maximum absolute atomic E-state index is 12.0. The zero-order valence-corrected chi connectivity index (χ0v) is 12.1. The van der Waals surface area contributed by atoms with Crippen LogP contribution >= 0.6 is 0 Å². The molecule has 108 valence electrons. The summed E-state index contributed by atoms with van der Waals surface area (Å²) in [6.07, 6.45) is 0.527. The van der Waals surface area contributed by atoms with Crippen molar-refractivity contribution >= 4 is 23.3 Å². The molecule has 5 nitrogen and oxygen atoms in total. The number of amides is 1. The molecule has 0 saturated carbocycles. The predicted molar refractivity (Wildman–Crippen MR) is 78.3 cm³/mol. The van der Waals surface area contributed by atoms with E-state index < -0.39 is 5.97 Å².